The number of rotatable bonds is 5. The van der Waals surface area contributed by atoms with Gasteiger partial charge in [0.1, 0.15) is 0 Å². The Kier molecular flexibility index (Phi) is 6.33. The molecule has 1 saturated heterocycles. The Hall–Kier alpha value is -1.71. The van der Waals surface area contributed by atoms with Gasteiger partial charge in [-0.15, -0.1) is 11.3 Å². The average Bonchev–Trinajstić information content (AvgIpc) is 3.16. The van der Waals surface area contributed by atoms with Crippen molar-refractivity contribution in [1.29, 1.82) is 0 Å². The summed E-state index contributed by atoms with van der Waals surface area (Å²) in [7, 11) is -1.67. The van der Waals surface area contributed by atoms with Crippen LogP contribution in [0.3, 0.4) is 0 Å². The second-order valence-corrected chi connectivity index (χ2v) is 9.51. The van der Waals surface area contributed by atoms with Crippen LogP contribution in [0.15, 0.2) is 46.7 Å². The lowest BCUT2D eigenvalue weighted by atomic mass is 10.3. The molecule has 1 aliphatic heterocycles. The van der Waals surface area contributed by atoms with Gasteiger partial charge >= 0.3 is 0 Å². The molecule has 0 saturated carbocycles. The number of nitrogens with one attached hydrogen (secondary N) is 1. The second kappa shape index (κ2) is 8.53. The van der Waals surface area contributed by atoms with Gasteiger partial charge in [0.05, 0.1) is 15.6 Å². The Labute approximate surface area is 168 Å². The molecule has 0 bridgehead atoms. The van der Waals surface area contributed by atoms with Gasteiger partial charge in [0, 0.05) is 37.1 Å². The van der Waals surface area contributed by atoms with Gasteiger partial charge in [-0.2, -0.15) is 4.31 Å². The van der Waals surface area contributed by atoms with Crippen molar-refractivity contribution in [3.63, 3.8) is 0 Å². The fourth-order valence-corrected chi connectivity index (χ4v) is 4.89. The molecule has 27 heavy (non-hydrogen) atoms. The van der Waals surface area contributed by atoms with E-state index in [1.165, 1.54) is 39.9 Å². The predicted octanol–water partition coefficient (Wildman–Crippen LogP) is 2.99. The Bertz CT molecular complexity index is 935. The van der Waals surface area contributed by atoms with Crippen molar-refractivity contribution < 1.29 is 13.2 Å². The number of thiophene rings is 1. The number of benzene rings is 1. The van der Waals surface area contributed by atoms with Crippen molar-refractivity contribution in [1.82, 2.24) is 9.21 Å². The molecule has 0 unspecified atom stereocenters. The highest BCUT2D eigenvalue weighted by molar-refractivity contribution is 7.89. The number of carbonyl (C=O) groups is 1. The average molecular weight is 426 g/mol. The zero-order chi connectivity index (χ0) is 19.4. The van der Waals surface area contributed by atoms with Crippen molar-refractivity contribution in [2.24, 2.45) is 0 Å². The maximum Gasteiger partial charge on any atom is 0.248 e. The van der Waals surface area contributed by atoms with E-state index >= 15 is 0 Å². The van der Waals surface area contributed by atoms with Crippen LogP contribution in [0.2, 0.25) is 5.02 Å². The minimum Gasteiger partial charge on any atom is -0.321 e. The standard InChI is InChI=1S/C18H20ClN3O3S2/c1-21-8-10-22(11-9-21)27(24,25)15-5-6-16(19)17(13-15)20-18(23)7-4-14-3-2-12-26-14/h2-7,12-13H,8-11H2,1H3,(H,20,23)/b7-4+. The number of nitrogens with zero attached hydrogens (tertiary/aromatic N) is 2. The van der Waals surface area contributed by atoms with Gasteiger partial charge in [-0.1, -0.05) is 17.7 Å². The van der Waals surface area contributed by atoms with E-state index < -0.39 is 10.0 Å². The van der Waals surface area contributed by atoms with Crippen LogP contribution >= 0.6 is 22.9 Å². The molecule has 2 heterocycles. The molecule has 0 spiro atoms. The van der Waals surface area contributed by atoms with Crippen molar-refractivity contribution in [3.8, 4) is 0 Å². The minimum atomic E-state index is -3.63. The molecule has 0 radical (unpaired) electrons. The summed E-state index contributed by atoms with van der Waals surface area (Å²) in [6.45, 7) is 2.24. The lowest BCUT2D eigenvalue weighted by Gasteiger charge is -2.31. The molecule has 1 aromatic heterocycles. The molecule has 9 heteroatoms. The zero-order valence-corrected chi connectivity index (χ0v) is 17.1. The molecule has 1 amide bonds. The molecule has 1 N–H and O–H groups in total. The highest BCUT2D eigenvalue weighted by atomic mass is 35.5. The van der Waals surface area contributed by atoms with Crippen LogP contribution in [0.4, 0.5) is 5.69 Å². The van der Waals surface area contributed by atoms with E-state index in [1.54, 1.807) is 6.08 Å². The SMILES string of the molecule is CN1CCN(S(=O)(=O)c2ccc(Cl)c(NC(=O)/C=C/c3cccs3)c2)CC1. The summed E-state index contributed by atoms with van der Waals surface area (Å²) in [6.07, 6.45) is 3.09. The number of hydrogen-bond donors (Lipinski definition) is 1. The summed E-state index contributed by atoms with van der Waals surface area (Å²) in [4.78, 5) is 15.3. The van der Waals surface area contributed by atoms with E-state index in [0.29, 0.717) is 26.2 Å². The lowest BCUT2D eigenvalue weighted by molar-refractivity contribution is -0.111. The molecule has 1 aliphatic rings. The number of anilines is 1. The van der Waals surface area contributed by atoms with Crippen LogP contribution in [0.1, 0.15) is 4.88 Å². The van der Waals surface area contributed by atoms with E-state index in [2.05, 4.69) is 10.2 Å². The van der Waals surface area contributed by atoms with Crippen LogP contribution in [0.25, 0.3) is 6.08 Å². The number of carbonyl (C=O) groups excluding carboxylic acids is 1. The summed E-state index contributed by atoms with van der Waals surface area (Å²) < 4.78 is 27.2. The summed E-state index contributed by atoms with van der Waals surface area (Å²) in [5.74, 6) is -0.376. The van der Waals surface area contributed by atoms with E-state index in [0.717, 1.165) is 4.88 Å². The molecule has 2 aromatic rings. The number of amides is 1. The monoisotopic (exact) mass is 425 g/mol. The summed E-state index contributed by atoms with van der Waals surface area (Å²) in [5.41, 5.74) is 0.271. The van der Waals surface area contributed by atoms with Crippen molar-refractivity contribution in [2.45, 2.75) is 4.90 Å². The number of halogens is 1. The van der Waals surface area contributed by atoms with E-state index in [-0.39, 0.29) is 21.5 Å². The zero-order valence-electron chi connectivity index (χ0n) is 14.8. The van der Waals surface area contributed by atoms with Crippen molar-refractivity contribution in [2.75, 3.05) is 38.5 Å². The van der Waals surface area contributed by atoms with E-state index in [4.69, 9.17) is 11.6 Å². The molecule has 1 fully saturated rings. The third kappa shape index (κ3) is 4.97. The van der Waals surface area contributed by atoms with Gasteiger partial charge in [-0.3, -0.25) is 4.79 Å². The third-order valence-corrected chi connectivity index (χ3v) is 7.30. The summed E-state index contributed by atoms with van der Waals surface area (Å²) >= 11 is 7.66. The second-order valence-electron chi connectivity index (χ2n) is 6.19. The fourth-order valence-electron chi connectivity index (χ4n) is 2.66. The van der Waals surface area contributed by atoms with Gasteiger partial charge in [-0.25, -0.2) is 8.42 Å². The number of sulfonamides is 1. The predicted molar refractivity (Wildman–Crippen MR) is 110 cm³/mol. The van der Waals surface area contributed by atoms with Gasteiger partial charge in [0.25, 0.3) is 0 Å². The molecule has 3 rings (SSSR count). The Morgan fingerprint density at radius 3 is 2.63 bits per heavy atom. The smallest absolute Gasteiger partial charge is 0.248 e. The largest absolute Gasteiger partial charge is 0.321 e. The van der Waals surface area contributed by atoms with Crippen LogP contribution in [0.5, 0.6) is 0 Å². The first kappa shape index (κ1) is 20.0. The molecule has 144 valence electrons. The molecule has 1 aromatic carbocycles. The van der Waals surface area contributed by atoms with E-state index in [9.17, 15) is 13.2 Å². The first-order valence-electron chi connectivity index (χ1n) is 8.37. The maximum atomic E-state index is 12.9. The Morgan fingerprint density at radius 1 is 1.22 bits per heavy atom. The lowest BCUT2D eigenvalue weighted by Crippen LogP contribution is -2.47. The molecule has 6 nitrogen and oxygen atoms in total. The first-order valence-corrected chi connectivity index (χ1v) is 11.1. The fraction of sp³-hybridized carbons (Fsp3) is 0.278. The first-order chi connectivity index (χ1) is 12.9. The van der Waals surface area contributed by atoms with Gasteiger partial charge in [0.2, 0.25) is 15.9 Å². The Balaban J connectivity index is 1.76. The van der Waals surface area contributed by atoms with Gasteiger partial charge < -0.3 is 10.2 Å². The van der Waals surface area contributed by atoms with Crippen LogP contribution in [-0.2, 0) is 14.8 Å². The molecule has 0 atom stereocenters. The van der Waals surface area contributed by atoms with Gasteiger partial charge in [0.15, 0.2) is 0 Å². The summed E-state index contributed by atoms with van der Waals surface area (Å²) in [5, 5.41) is 4.85. The molecule has 0 aliphatic carbocycles. The maximum absolute atomic E-state index is 12.9. The van der Waals surface area contributed by atoms with Crippen LogP contribution < -0.4 is 5.32 Å². The quantitative estimate of drug-likeness (QED) is 0.747. The highest BCUT2D eigenvalue weighted by Gasteiger charge is 2.28. The van der Waals surface area contributed by atoms with E-state index in [1.807, 2.05) is 24.6 Å². The third-order valence-electron chi connectivity index (χ3n) is 4.24. The number of piperazine rings is 1. The topological polar surface area (TPSA) is 69.7 Å². The van der Waals surface area contributed by atoms with Gasteiger partial charge in [-0.05, 0) is 42.8 Å². The van der Waals surface area contributed by atoms with Crippen molar-refractivity contribution in [3.05, 3.63) is 51.7 Å². The van der Waals surface area contributed by atoms with Crippen LogP contribution in [-0.4, -0.2) is 56.8 Å². The van der Waals surface area contributed by atoms with Crippen LogP contribution in [0, 0.1) is 0 Å². The molecular weight excluding hydrogens is 406 g/mol. The normalized spacial score (nSPS) is 16.7. The summed E-state index contributed by atoms with van der Waals surface area (Å²) in [6, 6.07) is 8.15. The number of likely N-dealkylation sites (N-methyl/N-ethyl adjacent to an activating group) is 1. The number of hydrogen-bond acceptors (Lipinski definition) is 5. The Morgan fingerprint density at radius 2 is 1.96 bits per heavy atom. The minimum absolute atomic E-state index is 0.119. The van der Waals surface area contributed by atoms with Crippen molar-refractivity contribution >= 4 is 50.6 Å². The molecular formula is C18H20ClN3O3S2. The highest BCUT2D eigenvalue weighted by Crippen LogP contribution is 2.27.